The topological polar surface area (TPSA) is 48.9 Å². The average molecular weight is 335 g/mol. The lowest BCUT2D eigenvalue weighted by atomic mass is 10.1. The minimum Gasteiger partial charge on any atom is -0.488 e. The van der Waals surface area contributed by atoms with Gasteiger partial charge in [-0.15, -0.1) is 0 Å². The maximum Gasteiger partial charge on any atom is 0.191 e. The van der Waals surface area contributed by atoms with Crippen molar-refractivity contribution in [2.24, 2.45) is 4.99 Å². The molecule has 0 amide bonds. The second-order valence-corrected chi connectivity index (χ2v) is 6.84. The Kier molecular flexibility index (Phi) is 8.61. The maximum atomic E-state index is 6.04. The predicted molar refractivity (Wildman–Crippen MR) is 103 cm³/mol. The van der Waals surface area contributed by atoms with Gasteiger partial charge in [-0.2, -0.15) is 0 Å². The summed E-state index contributed by atoms with van der Waals surface area (Å²) in [5.41, 5.74) is 0.878. The fourth-order valence-electron chi connectivity index (χ4n) is 2.09. The molecule has 0 aliphatic heterocycles. The van der Waals surface area contributed by atoms with E-state index in [1.165, 1.54) is 0 Å². The summed E-state index contributed by atoms with van der Waals surface area (Å²) in [6.07, 6.45) is 0. The van der Waals surface area contributed by atoms with E-state index in [-0.39, 0.29) is 5.60 Å². The highest BCUT2D eigenvalue weighted by Crippen LogP contribution is 2.23. The normalized spacial score (nSPS) is 12.4. The molecule has 0 bridgehead atoms. The highest BCUT2D eigenvalue weighted by molar-refractivity contribution is 5.79. The van der Waals surface area contributed by atoms with Gasteiger partial charge in [-0.1, -0.05) is 25.1 Å². The van der Waals surface area contributed by atoms with Crippen molar-refractivity contribution >= 4 is 5.96 Å². The monoisotopic (exact) mass is 334 g/mol. The van der Waals surface area contributed by atoms with Gasteiger partial charge in [0.25, 0.3) is 0 Å². The van der Waals surface area contributed by atoms with Crippen LogP contribution in [-0.2, 0) is 6.54 Å². The number of nitrogens with zero attached hydrogens (tertiary/aromatic N) is 2. The molecule has 1 rings (SSSR count). The molecule has 2 N–H and O–H groups in total. The Balaban J connectivity index is 2.72. The van der Waals surface area contributed by atoms with Crippen molar-refractivity contribution in [3.05, 3.63) is 29.8 Å². The number of aliphatic imine (C=N–C) groups is 1. The third kappa shape index (κ3) is 8.20. The number of hydrogen-bond acceptors (Lipinski definition) is 3. The van der Waals surface area contributed by atoms with Gasteiger partial charge in [-0.05, 0) is 47.4 Å². The van der Waals surface area contributed by atoms with Crippen LogP contribution in [0.5, 0.6) is 5.75 Å². The van der Waals surface area contributed by atoms with Crippen LogP contribution in [0.25, 0.3) is 0 Å². The second kappa shape index (κ2) is 10.2. The third-order valence-electron chi connectivity index (χ3n) is 3.47. The van der Waals surface area contributed by atoms with E-state index in [0.717, 1.165) is 43.5 Å². The summed E-state index contributed by atoms with van der Waals surface area (Å²) in [5.74, 6) is 1.74. The third-order valence-corrected chi connectivity index (χ3v) is 3.47. The van der Waals surface area contributed by atoms with Crippen LogP contribution in [0.4, 0.5) is 0 Å². The summed E-state index contributed by atoms with van der Waals surface area (Å²) < 4.78 is 6.04. The largest absolute Gasteiger partial charge is 0.488 e. The molecule has 0 aliphatic carbocycles. The molecule has 0 spiro atoms. The van der Waals surface area contributed by atoms with E-state index in [1.54, 1.807) is 0 Å². The predicted octanol–water partition coefficient (Wildman–Crippen LogP) is 2.87. The minimum absolute atomic E-state index is 0.215. The number of nitrogens with one attached hydrogen (secondary N) is 2. The SMILES string of the molecule is CCNC(=NCc1ccccc1OC(C)(C)C)NCCN(C)CC. The summed E-state index contributed by atoms with van der Waals surface area (Å²) in [7, 11) is 2.12. The van der Waals surface area contributed by atoms with Crippen LogP contribution in [-0.4, -0.2) is 49.7 Å². The number of benzene rings is 1. The van der Waals surface area contributed by atoms with Crippen LogP contribution in [0.2, 0.25) is 0 Å². The van der Waals surface area contributed by atoms with Crippen LogP contribution in [0, 0.1) is 0 Å². The molecule has 0 aromatic heterocycles. The maximum absolute atomic E-state index is 6.04. The molecule has 24 heavy (non-hydrogen) atoms. The van der Waals surface area contributed by atoms with E-state index in [4.69, 9.17) is 9.73 Å². The Labute approximate surface area is 147 Å². The molecule has 1 aromatic rings. The first kappa shape index (κ1) is 20.3. The molecular formula is C19H34N4O. The minimum atomic E-state index is -0.215. The van der Waals surface area contributed by atoms with E-state index >= 15 is 0 Å². The molecular weight excluding hydrogens is 300 g/mol. The molecule has 0 saturated carbocycles. The highest BCUT2D eigenvalue weighted by atomic mass is 16.5. The molecule has 0 fully saturated rings. The van der Waals surface area contributed by atoms with Gasteiger partial charge in [0.05, 0.1) is 6.54 Å². The van der Waals surface area contributed by atoms with E-state index in [9.17, 15) is 0 Å². The van der Waals surface area contributed by atoms with Gasteiger partial charge in [0.2, 0.25) is 0 Å². The molecule has 0 aliphatic rings. The van der Waals surface area contributed by atoms with Crippen molar-refractivity contribution in [3.8, 4) is 5.75 Å². The molecule has 0 atom stereocenters. The zero-order valence-corrected chi connectivity index (χ0v) is 16.1. The summed E-state index contributed by atoms with van der Waals surface area (Å²) in [6.45, 7) is 14.8. The molecule has 0 unspecified atom stereocenters. The van der Waals surface area contributed by atoms with E-state index in [0.29, 0.717) is 6.54 Å². The van der Waals surface area contributed by atoms with Crippen molar-refractivity contribution < 1.29 is 4.74 Å². The number of ether oxygens (including phenoxy) is 1. The Morgan fingerprint density at radius 2 is 1.88 bits per heavy atom. The average Bonchev–Trinajstić information content (AvgIpc) is 2.52. The Hall–Kier alpha value is -1.75. The molecule has 136 valence electrons. The van der Waals surface area contributed by atoms with Gasteiger partial charge >= 0.3 is 0 Å². The van der Waals surface area contributed by atoms with Crippen LogP contribution in [0.1, 0.15) is 40.2 Å². The van der Waals surface area contributed by atoms with E-state index in [1.807, 2.05) is 18.2 Å². The van der Waals surface area contributed by atoms with Crippen LogP contribution < -0.4 is 15.4 Å². The van der Waals surface area contributed by atoms with E-state index in [2.05, 4.69) is 63.3 Å². The zero-order valence-electron chi connectivity index (χ0n) is 16.1. The smallest absolute Gasteiger partial charge is 0.191 e. The van der Waals surface area contributed by atoms with Crippen LogP contribution >= 0.6 is 0 Å². The molecule has 0 radical (unpaired) electrons. The molecule has 5 heteroatoms. The quantitative estimate of drug-likeness (QED) is 0.567. The first-order chi connectivity index (χ1) is 11.4. The standard InChI is InChI=1S/C19H34N4O/c1-7-20-18(21-13-14-23(6)8-2)22-15-16-11-9-10-12-17(16)24-19(3,4)5/h9-12H,7-8,13-15H2,1-6H3,(H2,20,21,22). The van der Waals surface area contributed by atoms with Crippen molar-refractivity contribution in [2.75, 3.05) is 33.2 Å². The van der Waals surface area contributed by atoms with Crippen molar-refractivity contribution in [1.29, 1.82) is 0 Å². The first-order valence-electron chi connectivity index (χ1n) is 8.83. The summed E-state index contributed by atoms with van der Waals surface area (Å²) >= 11 is 0. The lowest BCUT2D eigenvalue weighted by molar-refractivity contribution is 0.129. The first-order valence-corrected chi connectivity index (χ1v) is 8.83. The van der Waals surface area contributed by atoms with Gasteiger partial charge in [-0.25, -0.2) is 4.99 Å². The number of para-hydroxylation sites is 1. The molecule has 1 aromatic carbocycles. The van der Waals surface area contributed by atoms with Gasteiger partial charge in [0.1, 0.15) is 11.4 Å². The van der Waals surface area contributed by atoms with Gasteiger partial charge in [-0.3, -0.25) is 0 Å². The molecule has 0 heterocycles. The fraction of sp³-hybridized carbons (Fsp3) is 0.632. The Bertz CT molecular complexity index is 508. The number of likely N-dealkylation sites (N-methyl/N-ethyl adjacent to an activating group) is 1. The van der Waals surface area contributed by atoms with Crippen molar-refractivity contribution in [1.82, 2.24) is 15.5 Å². The van der Waals surface area contributed by atoms with Crippen molar-refractivity contribution in [3.63, 3.8) is 0 Å². The van der Waals surface area contributed by atoms with Gasteiger partial charge in [0.15, 0.2) is 5.96 Å². The van der Waals surface area contributed by atoms with Gasteiger partial charge < -0.3 is 20.3 Å². The Morgan fingerprint density at radius 3 is 2.50 bits per heavy atom. The van der Waals surface area contributed by atoms with Crippen LogP contribution in [0.3, 0.4) is 0 Å². The lowest BCUT2D eigenvalue weighted by Crippen LogP contribution is -2.40. The zero-order chi connectivity index (χ0) is 18.0. The van der Waals surface area contributed by atoms with Crippen molar-refractivity contribution in [2.45, 2.75) is 46.8 Å². The second-order valence-electron chi connectivity index (χ2n) is 6.84. The number of hydrogen-bond donors (Lipinski definition) is 2. The number of rotatable bonds is 8. The molecule has 0 saturated heterocycles. The summed E-state index contributed by atoms with van der Waals surface area (Å²) in [5, 5.41) is 6.67. The number of guanidine groups is 1. The lowest BCUT2D eigenvalue weighted by Gasteiger charge is -2.23. The fourth-order valence-corrected chi connectivity index (χ4v) is 2.09. The van der Waals surface area contributed by atoms with E-state index < -0.39 is 0 Å². The van der Waals surface area contributed by atoms with Crippen LogP contribution in [0.15, 0.2) is 29.3 Å². The summed E-state index contributed by atoms with van der Waals surface area (Å²) in [6, 6.07) is 8.10. The molecule has 5 nitrogen and oxygen atoms in total. The Morgan fingerprint density at radius 1 is 1.17 bits per heavy atom. The summed E-state index contributed by atoms with van der Waals surface area (Å²) in [4.78, 5) is 6.96. The highest BCUT2D eigenvalue weighted by Gasteiger charge is 2.14. The van der Waals surface area contributed by atoms with Gasteiger partial charge in [0, 0.05) is 25.2 Å².